The zero-order valence-corrected chi connectivity index (χ0v) is 11.5. The Morgan fingerprint density at radius 2 is 1.65 bits per heavy atom. The van der Waals surface area contributed by atoms with Gasteiger partial charge in [-0.05, 0) is 20.3 Å². The zero-order valence-electron chi connectivity index (χ0n) is 10.6. The van der Waals surface area contributed by atoms with Crippen LogP contribution in [0.25, 0.3) is 0 Å². The maximum absolute atomic E-state index is 11.9. The third-order valence-corrected chi connectivity index (χ3v) is 5.17. The van der Waals surface area contributed by atoms with E-state index in [9.17, 15) is 13.2 Å². The molecule has 0 aliphatic carbocycles. The molecule has 0 aliphatic heterocycles. The van der Waals surface area contributed by atoms with Gasteiger partial charge >= 0.3 is 0 Å². The number of nitrogens with one attached hydrogen (secondary N) is 1. The number of rotatable bonds is 6. The lowest BCUT2D eigenvalue weighted by Crippen LogP contribution is -2.60. The number of carbonyl (C=O) groups excluding carboxylic acids is 1. The molecule has 0 bridgehead atoms. The van der Waals surface area contributed by atoms with Crippen LogP contribution < -0.4 is 5.32 Å². The number of carbonyl (C=O) groups is 1. The molecule has 0 saturated carbocycles. The third kappa shape index (κ3) is 3.40. The largest absolute Gasteiger partial charge is 0.394 e. The van der Waals surface area contributed by atoms with Crippen LogP contribution in [0.2, 0.25) is 0 Å². The molecule has 0 aliphatic rings. The highest BCUT2D eigenvalue weighted by Gasteiger charge is 2.42. The van der Waals surface area contributed by atoms with Gasteiger partial charge in [0.1, 0.15) is 4.75 Å². The minimum Gasteiger partial charge on any atom is -0.394 e. The summed E-state index contributed by atoms with van der Waals surface area (Å²) in [5, 5.41) is 20.7. The molecule has 3 N–H and O–H groups in total. The van der Waals surface area contributed by atoms with E-state index in [1.54, 1.807) is 6.92 Å². The fraction of sp³-hybridized carbons (Fsp3) is 0.900. The lowest BCUT2D eigenvalue weighted by molar-refractivity contribution is -0.126. The predicted molar refractivity (Wildman–Crippen MR) is 64.3 cm³/mol. The smallest absolute Gasteiger partial charge is 0.241 e. The predicted octanol–water partition coefficient (Wildman–Crippen LogP) is -0.941. The van der Waals surface area contributed by atoms with Crippen LogP contribution in [0.4, 0.5) is 0 Å². The van der Waals surface area contributed by atoms with Gasteiger partial charge in [-0.15, -0.1) is 0 Å². The Kier molecular flexibility index (Phi) is 5.12. The molecule has 0 atom stereocenters. The Balaban J connectivity index is 5.11. The minimum absolute atomic E-state index is 0.297. The van der Waals surface area contributed by atoms with Gasteiger partial charge in [0, 0.05) is 6.26 Å². The lowest BCUT2D eigenvalue weighted by atomic mass is 9.97. The van der Waals surface area contributed by atoms with E-state index in [-0.39, 0.29) is 0 Å². The first-order chi connectivity index (χ1) is 7.56. The van der Waals surface area contributed by atoms with Gasteiger partial charge in [-0.2, -0.15) is 0 Å². The first kappa shape index (κ1) is 16.3. The van der Waals surface area contributed by atoms with Crippen LogP contribution >= 0.6 is 0 Å². The average molecular weight is 267 g/mol. The summed E-state index contributed by atoms with van der Waals surface area (Å²) in [4.78, 5) is 11.9. The van der Waals surface area contributed by atoms with Gasteiger partial charge in [-0.3, -0.25) is 4.79 Å². The minimum atomic E-state index is -3.57. The van der Waals surface area contributed by atoms with E-state index in [4.69, 9.17) is 10.2 Å². The monoisotopic (exact) mass is 267 g/mol. The van der Waals surface area contributed by atoms with E-state index in [2.05, 4.69) is 5.32 Å². The van der Waals surface area contributed by atoms with Crippen LogP contribution in [0.1, 0.15) is 27.2 Å². The molecule has 0 fully saturated rings. The summed E-state index contributed by atoms with van der Waals surface area (Å²) in [6.07, 6.45) is 1.27. The molecule has 0 aromatic rings. The van der Waals surface area contributed by atoms with Gasteiger partial charge in [0.25, 0.3) is 0 Å². The summed E-state index contributed by atoms with van der Waals surface area (Å²) in [5.41, 5.74) is -1.18. The number of amides is 1. The molecule has 102 valence electrons. The molecule has 1 amide bonds. The maximum atomic E-state index is 11.9. The topological polar surface area (TPSA) is 104 Å². The van der Waals surface area contributed by atoms with Crippen molar-refractivity contribution in [2.45, 2.75) is 37.5 Å². The molecule has 6 nitrogen and oxygen atoms in total. The Morgan fingerprint density at radius 3 is 1.88 bits per heavy atom. The van der Waals surface area contributed by atoms with Crippen LogP contribution in [0.15, 0.2) is 0 Å². The first-order valence-electron chi connectivity index (χ1n) is 5.30. The maximum Gasteiger partial charge on any atom is 0.241 e. The Morgan fingerprint density at radius 1 is 1.24 bits per heavy atom. The quantitative estimate of drug-likeness (QED) is 0.576. The highest BCUT2D eigenvalue weighted by Crippen LogP contribution is 2.18. The van der Waals surface area contributed by atoms with Crippen molar-refractivity contribution < 1.29 is 23.4 Å². The number of hydrogen-bond acceptors (Lipinski definition) is 5. The summed E-state index contributed by atoms with van der Waals surface area (Å²) in [6.45, 7) is 3.34. The summed E-state index contributed by atoms with van der Waals surface area (Å²) in [6, 6.07) is 0. The Labute approximate surface area is 102 Å². The van der Waals surface area contributed by atoms with Gasteiger partial charge in [-0.25, -0.2) is 8.42 Å². The number of aliphatic hydroxyl groups excluding tert-OH is 2. The average Bonchev–Trinajstić information content (AvgIpc) is 2.24. The zero-order chi connectivity index (χ0) is 13.9. The van der Waals surface area contributed by atoms with Gasteiger partial charge in [0.05, 0.1) is 18.8 Å². The van der Waals surface area contributed by atoms with Crippen molar-refractivity contribution in [3.05, 3.63) is 0 Å². The molecule has 0 aromatic heterocycles. The highest BCUT2D eigenvalue weighted by molar-refractivity contribution is 7.92. The van der Waals surface area contributed by atoms with Crippen LogP contribution in [0, 0.1) is 0 Å². The van der Waals surface area contributed by atoms with Crippen molar-refractivity contribution >= 4 is 15.7 Å². The van der Waals surface area contributed by atoms with Crippen molar-refractivity contribution in [1.82, 2.24) is 5.32 Å². The van der Waals surface area contributed by atoms with Crippen LogP contribution in [-0.2, 0) is 14.6 Å². The second kappa shape index (κ2) is 5.32. The van der Waals surface area contributed by atoms with Crippen molar-refractivity contribution in [3.8, 4) is 0 Å². The molecule has 0 aromatic carbocycles. The van der Waals surface area contributed by atoms with Crippen LogP contribution in [0.3, 0.4) is 0 Å². The van der Waals surface area contributed by atoms with Gasteiger partial charge < -0.3 is 15.5 Å². The highest BCUT2D eigenvalue weighted by atomic mass is 32.2. The molecule has 0 spiro atoms. The van der Waals surface area contributed by atoms with Gasteiger partial charge in [0.2, 0.25) is 5.91 Å². The normalized spacial score (nSPS) is 13.5. The van der Waals surface area contributed by atoms with Crippen molar-refractivity contribution in [1.29, 1.82) is 0 Å². The van der Waals surface area contributed by atoms with Crippen LogP contribution in [-0.4, -0.2) is 54.3 Å². The fourth-order valence-electron chi connectivity index (χ4n) is 1.00. The Bertz CT molecular complexity index is 362. The molecule has 0 radical (unpaired) electrons. The summed E-state index contributed by atoms with van der Waals surface area (Å²) in [7, 11) is -3.57. The molecule has 0 rings (SSSR count). The molecule has 0 unspecified atom stereocenters. The molecular weight excluding hydrogens is 246 g/mol. The van der Waals surface area contributed by atoms with E-state index < -0.39 is 39.2 Å². The molecule has 17 heavy (non-hydrogen) atoms. The lowest BCUT2D eigenvalue weighted by Gasteiger charge is -2.33. The summed E-state index contributed by atoms with van der Waals surface area (Å²) in [5.74, 6) is -0.732. The summed E-state index contributed by atoms with van der Waals surface area (Å²) >= 11 is 0. The van der Waals surface area contributed by atoms with Crippen molar-refractivity contribution in [3.63, 3.8) is 0 Å². The fourth-order valence-corrected chi connectivity index (χ4v) is 1.39. The number of sulfone groups is 1. The molecule has 0 saturated heterocycles. The van der Waals surface area contributed by atoms with E-state index in [1.165, 1.54) is 13.8 Å². The van der Waals surface area contributed by atoms with Crippen molar-refractivity contribution in [2.24, 2.45) is 0 Å². The SMILES string of the molecule is CCC(CO)(CO)NC(=O)C(C)(C)S(C)(=O)=O. The van der Waals surface area contributed by atoms with E-state index in [0.29, 0.717) is 6.42 Å². The molecule has 0 heterocycles. The standard InChI is InChI=1S/C10H21NO5S/c1-5-10(6-12,7-13)11-8(14)9(2,3)17(4,15)16/h12-13H,5-7H2,1-4H3,(H,11,14). The van der Waals surface area contributed by atoms with Gasteiger partial charge in [-0.1, -0.05) is 6.92 Å². The molecular formula is C10H21NO5S. The van der Waals surface area contributed by atoms with E-state index in [1.807, 2.05) is 0 Å². The van der Waals surface area contributed by atoms with E-state index >= 15 is 0 Å². The van der Waals surface area contributed by atoms with Crippen molar-refractivity contribution in [2.75, 3.05) is 19.5 Å². The van der Waals surface area contributed by atoms with Gasteiger partial charge in [0.15, 0.2) is 9.84 Å². The second-order valence-electron chi connectivity index (χ2n) is 4.69. The first-order valence-corrected chi connectivity index (χ1v) is 7.19. The number of aliphatic hydroxyl groups is 2. The van der Waals surface area contributed by atoms with Crippen LogP contribution in [0.5, 0.6) is 0 Å². The third-order valence-electron chi connectivity index (χ3n) is 3.13. The summed E-state index contributed by atoms with van der Waals surface area (Å²) < 4.78 is 21.3. The van der Waals surface area contributed by atoms with E-state index in [0.717, 1.165) is 6.26 Å². The molecule has 7 heteroatoms. The second-order valence-corrected chi connectivity index (χ2v) is 7.25. The Hall–Kier alpha value is -0.660. The number of hydrogen-bond donors (Lipinski definition) is 3.